The predicted molar refractivity (Wildman–Crippen MR) is 132 cm³/mol. The van der Waals surface area contributed by atoms with Crippen LogP contribution in [-0.4, -0.2) is 60.7 Å². The number of tetrazole rings is 1. The lowest BCUT2D eigenvalue weighted by Crippen LogP contribution is -2.56. The van der Waals surface area contributed by atoms with E-state index in [0.717, 1.165) is 30.8 Å². The van der Waals surface area contributed by atoms with Crippen LogP contribution in [0.15, 0.2) is 78.9 Å². The Morgan fingerprint density at radius 1 is 0.912 bits per heavy atom. The molecule has 1 aromatic heterocycles. The fourth-order valence-corrected chi connectivity index (χ4v) is 4.99. The van der Waals surface area contributed by atoms with Gasteiger partial charge in [0.15, 0.2) is 0 Å². The van der Waals surface area contributed by atoms with Gasteiger partial charge in [-0.15, -0.1) is 10.2 Å². The molecule has 174 valence electrons. The summed E-state index contributed by atoms with van der Waals surface area (Å²) in [7, 11) is 0. The van der Waals surface area contributed by atoms with E-state index in [1.165, 1.54) is 11.1 Å². The zero-order valence-corrected chi connectivity index (χ0v) is 19.5. The summed E-state index contributed by atoms with van der Waals surface area (Å²) in [5, 5.41) is 24.6. The van der Waals surface area contributed by atoms with Gasteiger partial charge < -0.3 is 5.11 Å². The summed E-state index contributed by atoms with van der Waals surface area (Å²) in [5.74, 6) is 0.867. The lowest BCUT2D eigenvalue weighted by atomic mass is 9.92. The first kappa shape index (κ1) is 22.3. The molecule has 0 radical (unpaired) electrons. The summed E-state index contributed by atoms with van der Waals surface area (Å²) in [4.78, 5) is 5.12. The Morgan fingerprint density at radius 3 is 2.41 bits per heavy atom. The molecular formula is C27H30N6O. The van der Waals surface area contributed by atoms with Gasteiger partial charge in [-0.05, 0) is 47.9 Å². The highest BCUT2D eigenvalue weighted by Crippen LogP contribution is 2.35. The predicted octanol–water partition coefficient (Wildman–Crippen LogP) is 4.26. The van der Waals surface area contributed by atoms with E-state index >= 15 is 0 Å². The van der Waals surface area contributed by atoms with Crippen LogP contribution >= 0.6 is 0 Å². The van der Waals surface area contributed by atoms with Crippen LogP contribution in [0.5, 0.6) is 5.75 Å². The number of phenolic OH excluding ortho intramolecular Hbond substituents is 1. The minimum atomic E-state index is 0.0303. The molecule has 1 aliphatic rings. The van der Waals surface area contributed by atoms with Gasteiger partial charge in [-0.25, -0.2) is 0 Å². The Bertz CT molecular complexity index is 1200. The van der Waals surface area contributed by atoms with Crippen LogP contribution < -0.4 is 0 Å². The number of nitrogens with zero attached hydrogens (tertiary/aromatic N) is 5. The third-order valence-electron chi connectivity index (χ3n) is 6.74. The molecule has 1 aliphatic heterocycles. The van der Waals surface area contributed by atoms with Gasteiger partial charge in [0.05, 0.1) is 6.04 Å². The first-order chi connectivity index (χ1) is 16.6. The second-order valence-corrected chi connectivity index (χ2v) is 9.16. The maximum Gasteiger partial charge on any atom is 0.204 e. The maximum absolute atomic E-state index is 10.2. The van der Waals surface area contributed by atoms with E-state index in [4.69, 9.17) is 0 Å². The van der Waals surface area contributed by atoms with Crippen LogP contribution in [-0.2, 0) is 6.54 Å². The normalized spacial score (nSPS) is 20.3. The zero-order valence-electron chi connectivity index (χ0n) is 19.5. The molecule has 0 saturated carbocycles. The topological polar surface area (TPSA) is 81.2 Å². The Labute approximate surface area is 200 Å². The smallest absolute Gasteiger partial charge is 0.204 e. The number of phenols is 1. The first-order valence-corrected chi connectivity index (χ1v) is 11.7. The summed E-state index contributed by atoms with van der Waals surface area (Å²) < 4.78 is 0. The molecule has 2 N–H and O–H groups in total. The second kappa shape index (κ2) is 9.75. The van der Waals surface area contributed by atoms with Crippen molar-refractivity contribution in [2.75, 3.05) is 13.1 Å². The van der Waals surface area contributed by atoms with Gasteiger partial charge in [0.1, 0.15) is 5.75 Å². The summed E-state index contributed by atoms with van der Waals surface area (Å²) in [6, 6.07) is 27.4. The number of hydrogen-bond acceptors (Lipinski definition) is 6. The molecule has 0 bridgehead atoms. The van der Waals surface area contributed by atoms with Crippen molar-refractivity contribution in [2.24, 2.45) is 0 Å². The summed E-state index contributed by atoms with van der Waals surface area (Å²) in [5.41, 5.74) is 4.52. The minimum absolute atomic E-state index is 0.0303. The summed E-state index contributed by atoms with van der Waals surface area (Å²) >= 11 is 0. The van der Waals surface area contributed by atoms with Crippen LogP contribution in [0.4, 0.5) is 0 Å². The van der Waals surface area contributed by atoms with E-state index in [2.05, 4.69) is 92.8 Å². The van der Waals surface area contributed by atoms with E-state index in [9.17, 15) is 5.11 Å². The number of rotatable bonds is 6. The molecule has 0 amide bonds. The third-order valence-corrected chi connectivity index (χ3v) is 6.74. The lowest BCUT2D eigenvalue weighted by Gasteiger charge is -2.47. The molecule has 0 aliphatic carbocycles. The number of nitrogens with one attached hydrogen (secondary N) is 1. The molecule has 7 nitrogen and oxygen atoms in total. The quantitative estimate of drug-likeness (QED) is 0.453. The average Bonchev–Trinajstić information content (AvgIpc) is 3.39. The highest BCUT2D eigenvalue weighted by Gasteiger charge is 2.35. The molecule has 3 aromatic carbocycles. The van der Waals surface area contributed by atoms with Gasteiger partial charge in [-0.1, -0.05) is 66.7 Å². The first-order valence-electron chi connectivity index (χ1n) is 11.7. The Kier molecular flexibility index (Phi) is 6.38. The van der Waals surface area contributed by atoms with Crippen LogP contribution in [0.25, 0.3) is 11.4 Å². The van der Waals surface area contributed by atoms with E-state index in [-0.39, 0.29) is 11.8 Å². The van der Waals surface area contributed by atoms with Crippen molar-refractivity contribution in [1.29, 1.82) is 0 Å². The SMILES string of the molecule is C[C@@H]1CN([C@H](c2ccc(-c3nn[nH]n3)cc2)c2cccc(O)c2)[C@@H](C)CN1Cc1ccccc1. The van der Waals surface area contributed by atoms with Gasteiger partial charge in [0, 0.05) is 37.3 Å². The van der Waals surface area contributed by atoms with Crippen molar-refractivity contribution in [1.82, 2.24) is 30.4 Å². The fourth-order valence-electron chi connectivity index (χ4n) is 4.99. The standard InChI is InChI=1S/C27H30N6O/c1-19-17-33(20(2)16-32(19)18-21-7-4-3-5-8-21)26(24-9-6-10-25(34)15-24)22-11-13-23(14-12-22)27-28-30-31-29-27/h3-15,19-20,26,34H,16-18H2,1-2H3,(H,28,29,30,31)/t19-,20+,26-/m1/s1. The number of hydrogen-bond donors (Lipinski definition) is 2. The molecule has 34 heavy (non-hydrogen) atoms. The van der Waals surface area contributed by atoms with Crippen molar-refractivity contribution in [2.45, 2.75) is 38.5 Å². The minimum Gasteiger partial charge on any atom is -0.508 e. The number of H-pyrrole nitrogens is 1. The van der Waals surface area contributed by atoms with Crippen LogP contribution in [0, 0.1) is 0 Å². The maximum atomic E-state index is 10.2. The van der Waals surface area contributed by atoms with Gasteiger partial charge in [-0.3, -0.25) is 9.80 Å². The van der Waals surface area contributed by atoms with Crippen LogP contribution in [0.2, 0.25) is 0 Å². The number of piperazine rings is 1. The molecule has 2 heterocycles. The molecule has 1 fully saturated rings. The number of benzene rings is 3. The summed E-state index contributed by atoms with van der Waals surface area (Å²) in [6.45, 7) is 7.47. The van der Waals surface area contributed by atoms with E-state index in [0.29, 0.717) is 17.9 Å². The Balaban J connectivity index is 1.44. The van der Waals surface area contributed by atoms with Crippen molar-refractivity contribution in [3.63, 3.8) is 0 Å². The Hall–Kier alpha value is -3.55. The number of aromatic amines is 1. The van der Waals surface area contributed by atoms with Gasteiger partial charge in [-0.2, -0.15) is 5.21 Å². The highest BCUT2D eigenvalue weighted by atomic mass is 16.3. The number of aromatic hydroxyl groups is 1. The van der Waals surface area contributed by atoms with Crippen molar-refractivity contribution < 1.29 is 5.11 Å². The van der Waals surface area contributed by atoms with E-state index < -0.39 is 0 Å². The molecule has 4 aromatic rings. The average molecular weight is 455 g/mol. The molecule has 5 rings (SSSR count). The van der Waals surface area contributed by atoms with E-state index in [1.807, 2.05) is 24.3 Å². The molecule has 0 spiro atoms. The van der Waals surface area contributed by atoms with Crippen LogP contribution in [0.3, 0.4) is 0 Å². The zero-order chi connectivity index (χ0) is 23.5. The lowest BCUT2D eigenvalue weighted by molar-refractivity contribution is 0.0195. The van der Waals surface area contributed by atoms with Crippen molar-refractivity contribution in [3.8, 4) is 17.1 Å². The molecular weight excluding hydrogens is 424 g/mol. The van der Waals surface area contributed by atoms with Crippen molar-refractivity contribution >= 4 is 0 Å². The third kappa shape index (κ3) is 4.71. The van der Waals surface area contributed by atoms with Crippen LogP contribution in [0.1, 0.15) is 36.6 Å². The molecule has 0 unspecified atom stereocenters. The van der Waals surface area contributed by atoms with Crippen molar-refractivity contribution in [3.05, 3.63) is 95.6 Å². The van der Waals surface area contributed by atoms with Gasteiger partial charge in [0.25, 0.3) is 0 Å². The van der Waals surface area contributed by atoms with Gasteiger partial charge >= 0.3 is 0 Å². The highest BCUT2D eigenvalue weighted by molar-refractivity contribution is 5.55. The largest absolute Gasteiger partial charge is 0.508 e. The van der Waals surface area contributed by atoms with Gasteiger partial charge in [0.2, 0.25) is 5.82 Å². The second-order valence-electron chi connectivity index (χ2n) is 9.16. The van der Waals surface area contributed by atoms with E-state index in [1.54, 1.807) is 6.07 Å². The molecule has 3 atom stereocenters. The monoisotopic (exact) mass is 454 g/mol. The Morgan fingerprint density at radius 2 is 1.71 bits per heavy atom. The molecule has 1 saturated heterocycles. The number of aromatic nitrogens is 4. The fraction of sp³-hybridized carbons (Fsp3) is 0.296. The molecule has 7 heteroatoms. The summed E-state index contributed by atoms with van der Waals surface area (Å²) in [6.07, 6.45) is 0.